The molecular weight excluding hydrogens is 279 g/mol. The quantitative estimate of drug-likeness (QED) is 0.913. The second kappa shape index (κ2) is 6.30. The molecule has 6 heteroatoms. The molecule has 21 heavy (non-hydrogen) atoms. The zero-order valence-electron chi connectivity index (χ0n) is 12.0. The molecule has 1 N–H and O–H groups in total. The Morgan fingerprint density at radius 2 is 1.95 bits per heavy atom. The van der Waals surface area contributed by atoms with E-state index in [9.17, 15) is 13.2 Å². The van der Waals surface area contributed by atoms with Gasteiger partial charge in [0.2, 0.25) is 0 Å². The zero-order chi connectivity index (χ0) is 15.5. The van der Waals surface area contributed by atoms with E-state index in [1.54, 1.807) is 0 Å². The summed E-state index contributed by atoms with van der Waals surface area (Å²) in [5.74, 6) is 0.644. The van der Waals surface area contributed by atoms with E-state index in [0.29, 0.717) is 12.4 Å². The molecule has 3 nitrogen and oxygen atoms in total. The fourth-order valence-electron chi connectivity index (χ4n) is 2.25. The van der Waals surface area contributed by atoms with Gasteiger partial charge in [0.1, 0.15) is 5.82 Å². The van der Waals surface area contributed by atoms with E-state index < -0.39 is 12.7 Å². The molecule has 0 unspecified atom stereocenters. The topological polar surface area (TPSA) is 28.2 Å². The van der Waals surface area contributed by atoms with Crippen LogP contribution < -0.4 is 5.32 Å². The number of fused-ring (bicyclic) bond motifs is 1. The van der Waals surface area contributed by atoms with Gasteiger partial charge < -0.3 is 5.32 Å². The van der Waals surface area contributed by atoms with Gasteiger partial charge in [-0.3, -0.25) is 4.90 Å². The van der Waals surface area contributed by atoms with Crippen LogP contribution in [0.15, 0.2) is 30.3 Å². The minimum atomic E-state index is -4.20. The summed E-state index contributed by atoms with van der Waals surface area (Å²) >= 11 is 0. The summed E-state index contributed by atoms with van der Waals surface area (Å²) in [5.41, 5.74) is 1.60. The third kappa shape index (κ3) is 4.32. The first-order chi connectivity index (χ1) is 9.89. The number of halogens is 3. The van der Waals surface area contributed by atoms with Gasteiger partial charge in [-0.15, -0.1) is 0 Å². The van der Waals surface area contributed by atoms with Gasteiger partial charge in [-0.25, -0.2) is 4.98 Å². The molecule has 0 saturated heterocycles. The lowest BCUT2D eigenvalue weighted by Crippen LogP contribution is -2.30. The third-order valence-corrected chi connectivity index (χ3v) is 3.04. The summed E-state index contributed by atoms with van der Waals surface area (Å²) in [6.45, 7) is 1.85. The van der Waals surface area contributed by atoms with E-state index in [-0.39, 0.29) is 6.54 Å². The lowest BCUT2D eigenvalue weighted by Gasteiger charge is -2.20. The summed E-state index contributed by atoms with van der Waals surface area (Å²) in [6.07, 6.45) is -4.20. The monoisotopic (exact) mass is 297 g/mol. The van der Waals surface area contributed by atoms with Crippen molar-refractivity contribution in [1.29, 1.82) is 0 Å². The molecule has 1 aromatic carbocycles. The van der Waals surface area contributed by atoms with Crippen LogP contribution in [0, 0.1) is 0 Å². The molecule has 114 valence electrons. The Hall–Kier alpha value is -1.82. The number of hydrogen-bond donors (Lipinski definition) is 1. The Morgan fingerprint density at radius 1 is 1.24 bits per heavy atom. The number of anilines is 1. The number of aromatic nitrogens is 1. The number of nitrogens with one attached hydrogen (secondary N) is 1. The maximum atomic E-state index is 12.4. The summed E-state index contributed by atoms with van der Waals surface area (Å²) in [7, 11) is 1.46. The Balaban J connectivity index is 2.29. The molecule has 0 bridgehead atoms. The Morgan fingerprint density at radius 3 is 2.62 bits per heavy atom. The molecule has 0 fully saturated rings. The van der Waals surface area contributed by atoms with E-state index in [4.69, 9.17) is 0 Å². The number of hydrogen-bond acceptors (Lipinski definition) is 3. The van der Waals surface area contributed by atoms with Crippen LogP contribution in [0.25, 0.3) is 10.9 Å². The highest BCUT2D eigenvalue weighted by Gasteiger charge is 2.29. The maximum absolute atomic E-state index is 12.4. The molecular formula is C15H18F3N3. The van der Waals surface area contributed by atoms with Crippen LogP contribution in [0.2, 0.25) is 0 Å². The predicted molar refractivity (Wildman–Crippen MR) is 78.3 cm³/mol. The van der Waals surface area contributed by atoms with Gasteiger partial charge in [0.05, 0.1) is 12.1 Å². The van der Waals surface area contributed by atoms with Crippen molar-refractivity contribution in [3.8, 4) is 0 Å². The van der Waals surface area contributed by atoms with Crippen molar-refractivity contribution in [3.05, 3.63) is 35.9 Å². The smallest absolute Gasteiger partial charge is 0.370 e. The fraction of sp³-hybridized carbons (Fsp3) is 0.400. The van der Waals surface area contributed by atoms with Gasteiger partial charge in [0.15, 0.2) is 0 Å². The molecule has 0 spiro atoms. The lowest BCUT2D eigenvalue weighted by atomic mass is 10.1. The molecule has 0 aliphatic heterocycles. The SMILES string of the molecule is CCNc1nc2ccccc2cc1CN(C)CC(F)(F)F. The van der Waals surface area contributed by atoms with Gasteiger partial charge >= 0.3 is 6.18 Å². The summed E-state index contributed by atoms with van der Waals surface area (Å²) in [5, 5.41) is 4.04. The van der Waals surface area contributed by atoms with E-state index in [0.717, 1.165) is 16.5 Å². The summed E-state index contributed by atoms with van der Waals surface area (Å²) < 4.78 is 37.3. The van der Waals surface area contributed by atoms with Crippen molar-refractivity contribution in [3.63, 3.8) is 0 Å². The predicted octanol–water partition coefficient (Wildman–Crippen LogP) is 3.66. The molecule has 0 atom stereocenters. The molecule has 0 amide bonds. The average molecular weight is 297 g/mol. The molecule has 0 aliphatic carbocycles. The number of alkyl halides is 3. The van der Waals surface area contributed by atoms with Crippen LogP contribution in [0.5, 0.6) is 0 Å². The van der Waals surface area contributed by atoms with Crippen molar-refractivity contribution < 1.29 is 13.2 Å². The average Bonchev–Trinajstić information content (AvgIpc) is 2.37. The fourth-order valence-corrected chi connectivity index (χ4v) is 2.25. The third-order valence-electron chi connectivity index (χ3n) is 3.04. The zero-order valence-corrected chi connectivity index (χ0v) is 12.0. The Labute approximate surface area is 121 Å². The van der Waals surface area contributed by atoms with Gasteiger partial charge in [0.25, 0.3) is 0 Å². The number of rotatable bonds is 5. The highest BCUT2D eigenvalue weighted by molar-refractivity contribution is 5.81. The minimum absolute atomic E-state index is 0.194. The van der Waals surface area contributed by atoms with Crippen molar-refractivity contribution in [2.45, 2.75) is 19.6 Å². The standard InChI is InChI=1S/C15H18F3N3/c1-3-19-14-12(9-21(2)10-15(16,17)18)8-11-6-4-5-7-13(11)20-14/h4-8H,3,9-10H2,1-2H3,(H,19,20). The lowest BCUT2D eigenvalue weighted by molar-refractivity contribution is -0.144. The maximum Gasteiger partial charge on any atom is 0.401 e. The van der Waals surface area contributed by atoms with E-state index in [1.807, 2.05) is 37.3 Å². The number of nitrogens with zero attached hydrogens (tertiary/aromatic N) is 2. The van der Waals surface area contributed by atoms with Gasteiger partial charge in [-0.2, -0.15) is 13.2 Å². The van der Waals surface area contributed by atoms with Crippen LogP contribution in [-0.4, -0.2) is 36.2 Å². The summed E-state index contributed by atoms with van der Waals surface area (Å²) in [6, 6.07) is 9.47. The largest absolute Gasteiger partial charge is 0.401 e. The highest BCUT2D eigenvalue weighted by Crippen LogP contribution is 2.23. The summed E-state index contributed by atoms with van der Waals surface area (Å²) in [4.78, 5) is 5.74. The first kappa shape index (κ1) is 15.6. The van der Waals surface area contributed by atoms with Crippen LogP contribution in [0.1, 0.15) is 12.5 Å². The molecule has 0 radical (unpaired) electrons. The normalized spacial score (nSPS) is 12.1. The minimum Gasteiger partial charge on any atom is -0.370 e. The van der Waals surface area contributed by atoms with Crippen molar-refractivity contribution in [2.75, 3.05) is 25.5 Å². The molecule has 1 heterocycles. The number of pyridine rings is 1. The first-order valence-electron chi connectivity index (χ1n) is 6.77. The van der Waals surface area contributed by atoms with Crippen molar-refractivity contribution >= 4 is 16.7 Å². The Kier molecular flexibility index (Phi) is 4.67. The van der Waals surface area contributed by atoms with E-state index in [1.165, 1.54) is 11.9 Å². The molecule has 0 aliphatic rings. The Bertz CT molecular complexity index is 611. The van der Waals surface area contributed by atoms with Crippen LogP contribution >= 0.6 is 0 Å². The van der Waals surface area contributed by atoms with Crippen molar-refractivity contribution in [2.24, 2.45) is 0 Å². The van der Waals surface area contributed by atoms with E-state index >= 15 is 0 Å². The second-order valence-corrected chi connectivity index (χ2v) is 5.01. The van der Waals surface area contributed by atoms with Crippen LogP contribution in [-0.2, 0) is 6.54 Å². The molecule has 1 aromatic heterocycles. The van der Waals surface area contributed by atoms with Gasteiger partial charge in [-0.05, 0) is 26.1 Å². The highest BCUT2D eigenvalue weighted by atomic mass is 19.4. The van der Waals surface area contributed by atoms with Crippen molar-refractivity contribution in [1.82, 2.24) is 9.88 Å². The van der Waals surface area contributed by atoms with Gasteiger partial charge in [0, 0.05) is 24.0 Å². The molecule has 0 saturated carbocycles. The second-order valence-electron chi connectivity index (χ2n) is 5.01. The molecule has 2 aromatic rings. The molecule has 2 rings (SSSR count). The van der Waals surface area contributed by atoms with Gasteiger partial charge in [-0.1, -0.05) is 18.2 Å². The first-order valence-corrected chi connectivity index (χ1v) is 6.77. The van der Waals surface area contributed by atoms with E-state index in [2.05, 4.69) is 10.3 Å². The number of benzene rings is 1. The van der Waals surface area contributed by atoms with Crippen LogP contribution in [0.4, 0.5) is 19.0 Å². The van der Waals surface area contributed by atoms with Crippen LogP contribution in [0.3, 0.4) is 0 Å². The number of para-hydroxylation sites is 1.